The Bertz CT molecular complexity index is 1500. The molecule has 2 aliphatic heterocycles. The number of likely N-dealkylation sites (tertiary alicyclic amines) is 1. The molecular weight excluding hydrogens is 578 g/mol. The van der Waals surface area contributed by atoms with E-state index in [1.807, 2.05) is 0 Å². The van der Waals surface area contributed by atoms with E-state index in [1.54, 1.807) is 24.4 Å². The summed E-state index contributed by atoms with van der Waals surface area (Å²) in [7, 11) is 0. The third-order valence-corrected chi connectivity index (χ3v) is 9.33. The maximum Gasteiger partial charge on any atom is 0.253 e. The lowest BCUT2D eigenvalue weighted by molar-refractivity contribution is 0.0587. The normalized spacial score (nSPS) is 20.8. The lowest BCUT2D eigenvalue weighted by Crippen LogP contribution is -2.58. The minimum Gasteiger partial charge on any atom is -0.377 e. The molecule has 2 aromatic carbocycles. The van der Waals surface area contributed by atoms with Crippen LogP contribution >= 0.6 is 23.2 Å². The Hall–Kier alpha value is -2.72. The molecular formula is C31H37Cl2FN6O2. The van der Waals surface area contributed by atoms with Gasteiger partial charge in [0.25, 0.3) is 10.9 Å². The van der Waals surface area contributed by atoms with Crippen molar-refractivity contribution in [1.82, 2.24) is 14.8 Å². The fourth-order valence-corrected chi connectivity index (χ4v) is 6.83. The van der Waals surface area contributed by atoms with Crippen LogP contribution in [0.3, 0.4) is 0 Å². The summed E-state index contributed by atoms with van der Waals surface area (Å²) in [6, 6.07) is 7.88. The molecule has 11 heteroatoms. The number of anilines is 4. The van der Waals surface area contributed by atoms with Crippen molar-refractivity contribution in [3.05, 3.63) is 72.3 Å². The highest BCUT2D eigenvalue weighted by atomic mass is 35.5. The van der Waals surface area contributed by atoms with Gasteiger partial charge in [0.1, 0.15) is 23.0 Å². The first-order chi connectivity index (χ1) is 20.3. The number of aromatic nitrogens is 1. The molecule has 1 aliphatic carbocycles. The van der Waals surface area contributed by atoms with Gasteiger partial charge < -0.3 is 15.5 Å². The van der Waals surface area contributed by atoms with E-state index < -0.39 is 10.9 Å². The number of piperazine rings is 1. The molecule has 3 aromatic rings. The average molecular weight is 616 g/mol. The van der Waals surface area contributed by atoms with Crippen LogP contribution in [0.5, 0.6) is 0 Å². The van der Waals surface area contributed by atoms with Crippen LogP contribution in [0.1, 0.15) is 51.0 Å². The Morgan fingerprint density at radius 3 is 2.45 bits per heavy atom. The Morgan fingerprint density at radius 2 is 1.76 bits per heavy atom. The van der Waals surface area contributed by atoms with E-state index in [-0.39, 0.29) is 11.9 Å². The van der Waals surface area contributed by atoms with Crippen LogP contribution in [0.25, 0.3) is 0 Å². The fourth-order valence-electron chi connectivity index (χ4n) is 6.39. The number of piperidine rings is 1. The molecule has 3 heterocycles. The summed E-state index contributed by atoms with van der Waals surface area (Å²) in [6.45, 7) is 7.31. The number of nitrogens with one attached hydrogen (secondary N) is 2. The molecule has 1 saturated carbocycles. The van der Waals surface area contributed by atoms with E-state index in [1.165, 1.54) is 6.07 Å². The lowest BCUT2D eigenvalue weighted by atomic mass is 9.97. The minimum absolute atomic E-state index is 0.237. The molecule has 0 radical (unpaired) electrons. The summed E-state index contributed by atoms with van der Waals surface area (Å²) in [5.41, 5.74) is 0.952. The zero-order valence-electron chi connectivity index (χ0n) is 23.8. The number of hydrogen-bond donors (Lipinski definition) is 2. The third kappa shape index (κ3) is 6.30. The van der Waals surface area contributed by atoms with Crippen molar-refractivity contribution in [3.8, 4) is 0 Å². The maximum absolute atomic E-state index is 14.3. The van der Waals surface area contributed by atoms with Crippen LogP contribution < -0.4 is 26.4 Å². The third-order valence-electron chi connectivity index (χ3n) is 8.81. The molecule has 224 valence electrons. The minimum atomic E-state index is -0.514. The SMILES string of the molecule is CCC[C@H]1CN(c2ncc(Nc3c(NC4CC4)c(=O)c3=O)cc2Cl)CCN1C1CCN(Cc2ccc(Cl)cc2F)CC1. The van der Waals surface area contributed by atoms with Gasteiger partial charge in [0.2, 0.25) is 0 Å². The van der Waals surface area contributed by atoms with Gasteiger partial charge in [0.15, 0.2) is 0 Å². The Kier molecular flexibility index (Phi) is 8.73. The zero-order valence-corrected chi connectivity index (χ0v) is 25.4. The van der Waals surface area contributed by atoms with Crippen molar-refractivity contribution in [2.75, 3.05) is 48.3 Å². The Morgan fingerprint density at radius 1 is 1.00 bits per heavy atom. The van der Waals surface area contributed by atoms with Crippen molar-refractivity contribution in [2.24, 2.45) is 0 Å². The van der Waals surface area contributed by atoms with E-state index in [2.05, 4.69) is 37.2 Å². The molecule has 0 unspecified atom stereocenters. The average Bonchev–Trinajstić information content (AvgIpc) is 3.81. The van der Waals surface area contributed by atoms with Crippen molar-refractivity contribution in [1.29, 1.82) is 0 Å². The Labute approximate surface area is 255 Å². The van der Waals surface area contributed by atoms with Crippen molar-refractivity contribution in [3.63, 3.8) is 0 Å². The van der Waals surface area contributed by atoms with Crippen LogP contribution in [0, 0.1) is 5.82 Å². The van der Waals surface area contributed by atoms with Crippen LogP contribution in [0.2, 0.25) is 10.0 Å². The topological polar surface area (TPSA) is 80.8 Å². The highest BCUT2D eigenvalue weighted by Crippen LogP contribution is 2.33. The zero-order chi connectivity index (χ0) is 29.4. The van der Waals surface area contributed by atoms with Crippen LogP contribution in [0.4, 0.5) is 27.3 Å². The molecule has 0 amide bonds. The first-order valence-electron chi connectivity index (χ1n) is 15.0. The summed E-state index contributed by atoms with van der Waals surface area (Å²) in [5.74, 6) is 0.503. The standard InChI is InChI=1S/C31H37Cl2FN6O2/c1-2-3-24-18-39(12-13-40(24)23-8-10-38(11-9-23)17-19-4-5-20(32)14-26(19)34)31-25(33)15-22(16-35-31)37-28-27(29(41)30(28)42)36-21-6-7-21/h4-5,14-16,21,23-24,36-37H,2-3,6-13,17-18H2,1H3/t24-/m0/s1. The highest BCUT2D eigenvalue weighted by Gasteiger charge is 2.35. The van der Waals surface area contributed by atoms with Gasteiger partial charge in [0.05, 0.1) is 16.9 Å². The van der Waals surface area contributed by atoms with E-state index in [0.717, 1.165) is 77.1 Å². The second-order valence-electron chi connectivity index (χ2n) is 11.9. The number of benzene rings is 1. The molecule has 3 fully saturated rings. The quantitative estimate of drug-likeness (QED) is 0.294. The van der Waals surface area contributed by atoms with Crippen molar-refractivity contribution in [2.45, 2.75) is 70.1 Å². The van der Waals surface area contributed by atoms with Crippen LogP contribution in [0.15, 0.2) is 40.1 Å². The largest absolute Gasteiger partial charge is 0.377 e. The van der Waals surface area contributed by atoms with Crippen molar-refractivity contribution >= 4 is 46.1 Å². The number of nitrogens with zero attached hydrogens (tertiary/aromatic N) is 4. The first-order valence-corrected chi connectivity index (χ1v) is 15.8. The molecule has 1 atom stereocenters. The summed E-state index contributed by atoms with van der Waals surface area (Å²) < 4.78 is 14.3. The van der Waals surface area contributed by atoms with Gasteiger partial charge in [0, 0.05) is 54.9 Å². The van der Waals surface area contributed by atoms with Gasteiger partial charge >= 0.3 is 0 Å². The fraction of sp³-hybridized carbons (Fsp3) is 0.516. The van der Waals surface area contributed by atoms with Gasteiger partial charge in [-0.2, -0.15) is 0 Å². The summed E-state index contributed by atoms with van der Waals surface area (Å²) in [6.07, 6.45) is 8.00. The van der Waals surface area contributed by atoms with Gasteiger partial charge in [-0.1, -0.05) is 42.6 Å². The molecule has 0 spiro atoms. The van der Waals surface area contributed by atoms with Crippen LogP contribution in [-0.2, 0) is 6.54 Å². The van der Waals surface area contributed by atoms with E-state index in [4.69, 9.17) is 23.2 Å². The molecule has 0 bridgehead atoms. The van der Waals surface area contributed by atoms with Gasteiger partial charge in [-0.25, -0.2) is 9.37 Å². The van der Waals surface area contributed by atoms with Gasteiger partial charge in [-0.3, -0.25) is 19.4 Å². The molecule has 2 saturated heterocycles. The first kappa shape index (κ1) is 29.4. The summed E-state index contributed by atoms with van der Waals surface area (Å²) >= 11 is 12.7. The molecule has 6 rings (SSSR count). The number of pyridine rings is 1. The van der Waals surface area contributed by atoms with Gasteiger partial charge in [-0.05, 0) is 63.4 Å². The Balaban J connectivity index is 1.07. The predicted molar refractivity (Wildman–Crippen MR) is 168 cm³/mol. The maximum atomic E-state index is 14.3. The predicted octanol–water partition coefficient (Wildman–Crippen LogP) is 5.40. The van der Waals surface area contributed by atoms with Gasteiger partial charge in [-0.15, -0.1) is 0 Å². The van der Waals surface area contributed by atoms with E-state index in [0.29, 0.717) is 51.3 Å². The molecule has 1 aromatic heterocycles. The smallest absolute Gasteiger partial charge is 0.253 e. The van der Waals surface area contributed by atoms with Crippen LogP contribution in [-0.4, -0.2) is 65.6 Å². The number of rotatable bonds is 10. The summed E-state index contributed by atoms with van der Waals surface area (Å²) in [4.78, 5) is 36.1. The second kappa shape index (κ2) is 12.5. The second-order valence-corrected chi connectivity index (χ2v) is 12.7. The van der Waals surface area contributed by atoms with E-state index in [9.17, 15) is 14.0 Å². The monoisotopic (exact) mass is 614 g/mol. The number of hydrogen-bond acceptors (Lipinski definition) is 8. The molecule has 8 nitrogen and oxygen atoms in total. The molecule has 2 N–H and O–H groups in total. The molecule has 42 heavy (non-hydrogen) atoms. The highest BCUT2D eigenvalue weighted by molar-refractivity contribution is 6.33. The van der Waals surface area contributed by atoms with E-state index >= 15 is 0 Å². The number of halogens is 3. The summed E-state index contributed by atoms with van der Waals surface area (Å²) in [5, 5.41) is 7.14. The lowest BCUT2D eigenvalue weighted by Gasteiger charge is -2.48. The molecule has 3 aliphatic rings. The van der Waals surface area contributed by atoms with Crippen molar-refractivity contribution < 1.29 is 4.39 Å².